The first-order valence-corrected chi connectivity index (χ1v) is 8.71. The summed E-state index contributed by atoms with van der Waals surface area (Å²) in [7, 11) is 0. The summed E-state index contributed by atoms with van der Waals surface area (Å²) >= 11 is 0. The number of hydrazine groups is 1. The van der Waals surface area contributed by atoms with Crippen LogP contribution < -0.4 is 20.9 Å². The second-order valence-electron chi connectivity index (χ2n) is 6.63. The molecule has 0 saturated heterocycles. The van der Waals surface area contributed by atoms with Crippen LogP contribution in [-0.2, 0) is 14.4 Å². The molecular formula is C20H20FN3O4. The highest BCUT2D eigenvalue weighted by molar-refractivity contribution is 6.01. The van der Waals surface area contributed by atoms with Gasteiger partial charge in [0.1, 0.15) is 11.6 Å². The molecule has 0 aliphatic carbocycles. The summed E-state index contributed by atoms with van der Waals surface area (Å²) in [5, 5.41) is 2.53. The molecule has 0 aromatic heterocycles. The summed E-state index contributed by atoms with van der Waals surface area (Å²) in [6, 6.07) is 9.46. The predicted octanol–water partition coefficient (Wildman–Crippen LogP) is 2.09. The van der Waals surface area contributed by atoms with Gasteiger partial charge >= 0.3 is 0 Å². The van der Waals surface area contributed by atoms with Crippen molar-refractivity contribution in [3.63, 3.8) is 0 Å². The third-order valence-electron chi connectivity index (χ3n) is 4.40. The summed E-state index contributed by atoms with van der Waals surface area (Å²) in [6.07, 6.45) is -0.0979. The highest BCUT2D eigenvalue weighted by atomic mass is 19.1. The van der Waals surface area contributed by atoms with Gasteiger partial charge in [-0.1, -0.05) is 18.2 Å². The Balaban J connectivity index is 1.57. The molecule has 146 valence electrons. The van der Waals surface area contributed by atoms with Gasteiger partial charge in [0, 0.05) is 12.1 Å². The van der Waals surface area contributed by atoms with E-state index in [9.17, 15) is 18.8 Å². The predicted molar refractivity (Wildman–Crippen MR) is 100 cm³/mol. The molecule has 1 atom stereocenters. The van der Waals surface area contributed by atoms with Crippen molar-refractivity contribution in [3.05, 3.63) is 58.9 Å². The molecule has 1 aliphatic heterocycles. The molecule has 0 bridgehead atoms. The molecule has 1 aliphatic rings. The number of anilines is 1. The van der Waals surface area contributed by atoms with Gasteiger partial charge in [0.05, 0.1) is 5.92 Å². The van der Waals surface area contributed by atoms with Crippen molar-refractivity contribution in [2.24, 2.45) is 0 Å². The number of halogens is 1. The number of carbonyl (C=O) groups is 3. The van der Waals surface area contributed by atoms with E-state index in [-0.39, 0.29) is 18.7 Å². The largest absolute Gasteiger partial charge is 0.483 e. The van der Waals surface area contributed by atoms with Crippen LogP contribution >= 0.6 is 0 Å². The maximum atomic E-state index is 13.4. The first-order valence-electron chi connectivity index (χ1n) is 8.71. The minimum atomic E-state index is -0.829. The van der Waals surface area contributed by atoms with Crippen molar-refractivity contribution in [2.75, 3.05) is 11.9 Å². The summed E-state index contributed by atoms with van der Waals surface area (Å²) in [5.41, 5.74) is 7.19. The van der Waals surface area contributed by atoms with Gasteiger partial charge in [-0.2, -0.15) is 0 Å². The lowest BCUT2D eigenvalue weighted by molar-refractivity contribution is -0.131. The van der Waals surface area contributed by atoms with Crippen molar-refractivity contribution < 1.29 is 23.5 Å². The van der Waals surface area contributed by atoms with Crippen molar-refractivity contribution in [2.45, 2.75) is 26.2 Å². The van der Waals surface area contributed by atoms with Crippen LogP contribution in [0.5, 0.6) is 5.75 Å². The highest BCUT2D eigenvalue weighted by Gasteiger charge is 2.31. The fourth-order valence-corrected chi connectivity index (χ4v) is 2.93. The molecule has 3 rings (SSSR count). The van der Waals surface area contributed by atoms with Crippen LogP contribution in [0.4, 0.5) is 10.1 Å². The van der Waals surface area contributed by atoms with E-state index < -0.39 is 29.5 Å². The van der Waals surface area contributed by atoms with Crippen LogP contribution in [0.1, 0.15) is 29.0 Å². The molecule has 1 heterocycles. The van der Waals surface area contributed by atoms with E-state index in [0.29, 0.717) is 11.3 Å². The maximum Gasteiger partial charge on any atom is 0.276 e. The molecule has 3 amide bonds. The van der Waals surface area contributed by atoms with Crippen molar-refractivity contribution in [3.8, 4) is 5.75 Å². The fraction of sp³-hybridized carbons (Fsp3) is 0.250. The molecule has 0 radical (unpaired) electrons. The van der Waals surface area contributed by atoms with Crippen LogP contribution in [-0.4, -0.2) is 24.3 Å². The van der Waals surface area contributed by atoms with E-state index in [1.54, 1.807) is 0 Å². The Hall–Kier alpha value is -3.42. The van der Waals surface area contributed by atoms with Gasteiger partial charge in [0.15, 0.2) is 6.61 Å². The van der Waals surface area contributed by atoms with Crippen LogP contribution in [0.2, 0.25) is 0 Å². The fourth-order valence-electron chi connectivity index (χ4n) is 2.93. The van der Waals surface area contributed by atoms with E-state index in [4.69, 9.17) is 4.74 Å². The Morgan fingerprint density at radius 1 is 1.18 bits per heavy atom. The molecule has 0 saturated carbocycles. The van der Waals surface area contributed by atoms with Crippen molar-refractivity contribution in [1.29, 1.82) is 0 Å². The van der Waals surface area contributed by atoms with Crippen LogP contribution in [0, 0.1) is 19.7 Å². The zero-order chi connectivity index (χ0) is 20.3. The van der Waals surface area contributed by atoms with E-state index >= 15 is 0 Å². The maximum absolute atomic E-state index is 13.4. The number of fused-ring (bicyclic) bond motifs is 1. The Morgan fingerprint density at radius 2 is 1.96 bits per heavy atom. The van der Waals surface area contributed by atoms with E-state index in [1.165, 1.54) is 12.1 Å². The number of ether oxygens (including phenoxy) is 1. The molecule has 3 N–H and O–H groups in total. The lowest BCUT2D eigenvalue weighted by Gasteiger charge is -2.24. The second-order valence-corrected chi connectivity index (χ2v) is 6.63. The second kappa shape index (κ2) is 8.08. The SMILES string of the molecule is Cc1ccc(C)c(OCC(=O)NNC(=O)[C@@H]2CC(=O)Nc3cc(F)ccc32)c1. The Kier molecular flexibility index (Phi) is 5.58. The van der Waals surface area contributed by atoms with Gasteiger partial charge in [0.2, 0.25) is 11.8 Å². The summed E-state index contributed by atoms with van der Waals surface area (Å²) in [6.45, 7) is 3.50. The monoisotopic (exact) mass is 385 g/mol. The van der Waals surface area contributed by atoms with Gasteiger partial charge in [-0.15, -0.1) is 0 Å². The van der Waals surface area contributed by atoms with Crippen molar-refractivity contribution >= 4 is 23.4 Å². The zero-order valence-corrected chi connectivity index (χ0v) is 15.5. The molecule has 0 spiro atoms. The lowest BCUT2D eigenvalue weighted by Crippen LogP contribution is -2.47. The summed E-state index contributed by atoms with van der Waals surface area (Å²) < 4.78 is 18.8. The molecule has 2 aromatic carbocycles. The number of rotatable bonds is 4. The zero-order valence-electron chi connectivity index (χ0n) is 15.5. The summed E-state index contributed by atoms with van der Waals surface area (Å²) in [4.78, 5) is 36.2. The van der Waals surface area contributed by atoms with E-state index in [0.717, 1.165) is 17.2 Å². The molecule has 8 heteroatoms. The van der Waals surface area contributed by atoms with Gasteiger partial charge in [-0.05, 0) is 48.7 Å². The topological polar surface area (TPSA) is 96.5 Å². The standard InChI is InChI=1S/C20H20FN3O4/c1-11-3-4-12(2)17(7-11)28-10-19(26)23-24-20(27)15-9-18(25)22-16-8-13(21)5-6-14(15)16/h3-8,15H,9-10H2,1-2H3,(H,22,25)(H,23,26)(H,24,27)/t15-/m1/s1. The van der Waals surface area contributed by atoms with Gasteiger partial charge in [0.25, 0.3) is 5.91 Å². The van der Waals surface area contributed by atoms with Gasteiger partial charge < -0.3 is 10.1 Å². The Bertz CT molecular complexity index is 945. The van der Waals surface area contributed by atoms with Gasteiger partial charge in [-0.25, -0.2) is 4.39 Å². The van der Waals surface area contributed by atoms with Crippen LogP contribution in [0.15, 0.2) is 36.4 Å². The first kappa shape index (κ1) is 19.3. The number of amides is 3. The quantitative estimate of drug-likeness (QED) is 0.702. The molecule has 0 unspecified atom stereocenters. The number of aryl methyl sites for hydroxylation is 2. The van der Waals surface area contributed by atoms with Crippen LogP contribution in [0.25, 0.3) is 0 Å². The number of carbonyl (C=O) groups excluding carboxylic acids is 3. The average molecular weight is 385 g/mol. The van der Waals surface area contributed by atoms with Gasteiger partial charge in [-0.3, -0.25) is 25.2 Å². The number of hydrogen-bond acceptors (Lipinski definition) is 4. The Labute approximate surface area is 161 Å². The Morgan fingerprint density at radius 3 is 2.75 bits per heavy atom. The third-order valence-corrected chi connectivity index (χ3v) is 4.40. The number of nitrogens with one attached hydrogen (secondary N) is 3. The van der Waals surface area contributed by atoms with Crippen LogP contribution in [0.3, 0.4) is 0 Å². The normalized spacial score (nSPS) is 15.2. The number of benzene rings is 2. The molecular weight excluding hydrogens is 365 g/mol. The molecule has 28 heavy (non-hydrogen) atoms. The average Bonchev–Trinajstić information content (AvgIpc) is 2.65. The highest BCUT2D eigenvalue weighted by Crippen LogP contribution is 2.32. The minimum Gasteiger partial charge on any atom is -0.483 e. The smallest absolute Gasteiger partial charge is 0.276 e. The van der Waals surface area contributed by atoms with E-state index in [2.05, 4.69) is 16.2 Å². The third kappa shape index (κ3) is 4.46. The van der Waals surface area contributed by atoms with Crippen molar-refractivity contribution in [1.82, 2.24) is 10.9 Å². The lowest BCUT2D eigenvalue weighted by atomic mass is 9.90. The minimum absolute atomic E-state index is 0.0979. The van der Waals surface area contributed by atoms with E-state index in [1.807, 2.05) is 32.0 Å². The molecule has 0 fully saturated rings. The molecule has 2 aromatic rings. The molecule has 7 nitrogen and oxygen atoms in total. The number of hydrogen-bond donors (Lipinski definition) is 3. The first-order chi connectivity index (χ1) is 13.3. The summed E-state index contributed by atoms with van der Waals surface area (Å²) in [5.74, 6) is -2.28.